The average molecular weight is 593 g/mol. The lowest BCUT2D eigenvalue weighted by atomic mass is 9.71. The Morgan fingerprint density at radius 2 is 1.75 bits per heavy atom. The van der Waals surface area contributed by atoms with Crippen molar-refractivity contribution < 1.29 is 9.53 Å². The van der Waals surface area contributed by atoms with Gasteiger partial charge in [0.15, 0.2) is 0 Å². The first-order valence-corrected chi connectivity index (χ1v) is 15.3. The van der Waals surface area contributed by atoms with E-state index >= 15 is 0 Å². The van der Waals surface area contributed by atoms with Crippen molar-refractivity contribution in [3.05, 3.63) is 89.5 Å². The Labute approximate surface area is 257 Å². The number of hydrogen-bond donors (Lipinski definition) is 2. The van der Waals surface area contributed by atoms with Gasteiger partial charge in [-0.3, -0.25) is 10.1 Å². The van der Waals surface area contributed by atoms with Crippen LogP contribution in [0.5, 0.6) is 5.75 Å². The third-order valence-electron chi connectivity index (χ3n) is 8.84. The number of imidazole rings is 1. The van der Waals surface area contributed by atoms with E-state index in [1.165, 1.54) is 12.8 Å². The number of nitrogens with zero attached hydrogens (tertiary/aromatic N) is 6. The number of carbonyl (C=O) groups is 1. The summed E-state index contributed by atoms with van der Waals surface area (Å²) in [6.07, 6.45) is 4.62. The molecule has 1 aliphatic carbocycles. The first-order chi connectivity index (χ1) is 21.2. The van der Waals surface area contributed by atoms with Crippen molar-refractivity contribution in [2.45, 2.75) is 65.6 Å². The van der Waals surface area contributed by atoms with E-state index in [9.17, 15) is 4.79 Å². The summed E-state index contributed by atoms with van der Waals surface area (Å²) in [6, 6.07) is 24.4. The van der Waals surface area contributed by atoms with Crippen LogP contribution in [-0.2, 0) is 20.2 Å². The lowest BCUT2D eigenvalue weighted by molar-refractivity contribution is 0.102. The van der Waals surface area contributed by atoms with Crippen LogP contribution in [0.25, 0.3) is 11.0 Å². The number of fused-ring (bicyclic) bond motifs is 1. The number of tetrazole rings is 1. The van der Waals surface area contributed by atoms with E-state index in [0.29, 0.717) is 36.1 Å². The van der Waals surface area contributed by atoms with Gasteiger partial charge in [0.1, 0.15) is 12.4 Å². The zero-order valence-electron chi connectivity index (χ0n) is 25.8. The Hall–Kier alpha value is -4.73. The Bertz CT molecular complexity index is 1680. The highest BCUT2D eigenvalue weighted by Gasteiger charge is 2.33. The molecule has 1 amide bonds. The van der Waals surface area contributed by atoms with Crippen molar-refractivity contribution in [2.24, 2.45) is 18.4 Å². The second kappa shape index (κ2) is 12.5. The minimum Gasteiger partial charge on any atom is -0.489 e. The normalized spacial score (nSPS) is 17.0. The van der Waals surface area contributed by atoms with Gasteiger partial charge < -0.3 is 14.2 Å². The van der Waals surface area contributed by atoms with Gasteiger partial charge in [0, 0.05) is 31.3 Å². The summed E-state index contributed by atoms with van der Waals surface area (Å²) in [6.45, 7) is 8.27. The van der Waals surface area contributed by atoms with Crippen molar-refractivity contribution >= 4 is 28.8 Å². The number of H-pyrrole nitrogens is 1. The Balaban J connectivity index is 1.25. The van der Waals surface area contributed by atoms with Crippen LogP contribution in [0.4, 0.5) is 11.9 Å². The number of nitrogens with one attached hydrogen (secondary N) is 2. The fraction of sp³-hybridized carbons (Fsp3) is 0.382. The number of ether oxygens (including phenoxy) is 1. The molecule has 1 aliphatic rings. The number of aromatic nitrogens is 6. The predicted molar refractivity (Wildman–Crippen MR) is 171 cm³/mol. The number of aryl methyl sites for hydroxylation is 1. The van der Waals surface area contributed by atoms with Crippen LogP contribution in [0.1, 0.15) is 67.9 Å². The zero-order chi connectivity index (χ0) is 30.7. The average Bonchev–Trinajstić information content (AvgIpc) is 3.66. The maximum absolute atomic E-state index is 12.7. The fourth-order valence-electron chi connectivity index (χ4n) is 6.22. The highest BCUT2D eigenvalue weighted by atomic mass is 16.5. The number of amides is 1. The molecule has 44 heavy (non-hydrogen) atoms. The predicted octanol–water partition coefficient (Wildman–Crippen LogP) is 6.53. The van der Waals surface area contributed by atoms with E-state index in [-0.39, 0.29) is 11.9 Å². The van der Waals surface area contributed by atoms with Crippen molar-refractivity contribution in [3.63, 3.8) is 0 Å². The van der Waals surface area contributed by atoms with Crippen LogP contribution in [-0.4, -0.2) is 42.1 Å². The minimum atomic E-state index is -0.270. The molecule has 1 saturated carbocycles. The van der Waals surface area contributed by atoms with Crippen LogP contribution in [0.2, 0.25) is 0 Å². The van der Waals surface area contributed by atoms with Crippen molar-refractivity contribution in [1.82, 2.24) is 30.2 Å². The molecule has 228 valence electrons. The molecule has 2 heterocycles. The summed E-state index contributed by atoms with van der Waals surface area (Å²) in [5.41, 5.74) is 5.06. The van der Waals surface area contributed by atoms with E-state index in [4.69, 9.17) is 9.72 Å². The number of benzene rings is 3. The standard InChI is InChI=1S/C34H40N8O2/c1-34(2,3)26-14-16-27(17-15-26)42(21-23-10-12-25(13-11-23)31(43)36-32-37-39-40-38-32)33-35-29-20-28(18-19-30(29)41(33)4)44-22-24-8-6-5-7-9-24/h5-13,18-20,26-27H,14-17,21-22H2,1-4H3,(H2,36,37,38,39,40,43). The Kier molecular flexibility index (Phi) is 8.32. The van der Waals surface area contributed by atoms with Crippen LogP contribution in [0.15, 0.2) is 72.8 Å². The summed E-state index contributed by atoms with van der Waals surface area (Å²) in [5.74, 6) is 2.40. The molecule has 10 heteroatoms. The van der Waals surface area contributed by atoms with Gasteiger partial charge in [-0.05, 0) is 82.8 Å². The molecule has 10 nitrogen and oxygen atoms in total. The first kappa shape index (κ1) is 29.3. The van der Waals surface area contributed by atoms with Gasteiger partial charge in [0.2, 0.25) is 11.9 Å². The minimum absolute atomic E-state index is 0.214. The second-order valence-electron chi connectivity index (χ2n) is 12.8. The number of anilines is 2. The molecule has 0 bridgehead atoms. The fourth-order valence-corrected chi connectivity index (χ4v) is 6.22. The molecular formula is C34H40N8O2. The first-order valence-electron chi connectivity index (χ1n) is 15.3. The lowest BCUT2D eigenvalue weighted by Gasteiger charge is -2.41. The third kappa shape index (κ3) is 6.59. The van der Waals surface area contributed by atoms with Gasteiger partial charge in [-0.1, -0.05) is 68.3 Å². The van der Waals surface area contributed by atoms with Crippen LogP contribution in [0.3, 0.4) is 0 Å². The van der Waals surface area contributed by atoms with Crippen molar-refractivity contribution in [3.8, 4) is 5.75 Å². The molecule has 6 rings (SSSR count). The smallest absolute Gasteiger partial charge is 0.258 e. The van der Waals surface area contributed by atoms with Gasteiger partial charge in [-0.25, -0.2) is 10.1 Å². The van der Waals surface area contributed by atoms with Crippen molar-refractivity contribution in [2.75, 3.05) is 10.2 Å². The maximum Gasteiger partial charge on any atom is 0.258 e. The highest BCUT2D eigenvalue weighted by molar-refractivity contribution is 6.03. The third-order valence-corrected chi connectivity index (χ3v) is 8.84. The summed E-state index contributed by atoms with van der Waals surface area (Å²) >= 11 is 0. The molecule has 0 radical (unpaired) electrons. The van der Waals surface area contributed by atoms with Crippen molar-refractivity contribution in [1.29, 1.82) is 0 Å². The van der Waals surface area contributed by atoms with E-state index in [2.05, 4.69) is 81.4 Å². The van der Waals surface area contributed by atoms with E-state index in [0.717, 1.165) is 46.7 Å². The van der Waals surface area contributed by atoms with Gasteiger partial charge in [-0.2, -0.15) is 0 Å². The van der Waals surface area contributed by atoms with Gasteiger partial charge in [0.05, 0.1) is 11.0 Å². The second-order valence-corrected chi connectivity index (χ2v) is 12.8. The Morgan fingerprint density at radius 1 is 1.00 bits per heavy atom. The molecule has 0 saturated heterocycles. The number of aromatic amines is 1. The number of carbonyl (C=O) groups excluding carboxylic acids is 1. The summed E-state index contributed by atoms with van der Waals surface area (Å²) in [7, 11) is 2.09. The molecule has 3 aromatic carbocycles. The molecule has 0 atom stereocenters. The van der Waals surface area contributed by atoms with Gasteiger partial charge in [-0.15, -0.1) is 0 Å². The SMILES string of the molecule is Cn1c(N(Cc2ccc(C(=O)Nc3nnn[nH]3)cc2)C2CCC(C(C)(C)C)CC2)nc2cc(OCc3ccccc3)ccc21. The molecule has 5 aromatic rings. The van der Waals surface area contributed by atoms with Gasteiger partial charge in [0.25, 0.3) is 5.91 Å². The number of hydrogen-bond acceptors (Lipinski definition) is 7. The number of rotatable bonds is 9. The quantitative estimate of drug-likeness (QED) is 0.200. The van der Waals surface area contributed by atoms with Crippen LogP contribution < -0.4 is 15.0 Å². The molecule has 0 aliphatic heterocycles. The van der Waals surface area contributed by atoms with Crippen LogP contribution >= 0.6 is 0 Å². The summed E-state index contributed by atoms with van der Waals surface area (Å²) < 4.78 is 8.31. The summed E-state index contributed by atoms with van der Waals surface area (Å²) in [4.78, 5) is 20.3. The lowest BCUT2D eigenvalue weighted by Crippen LogP contribution is -2.41. The molecule has 2 aromatic heterocycles. The molecule has 1 fully saturated rings. The van der Waals surface area contributed by atoms with Crippen LogP contribution in [0, 0.1) is 11.3 Å². The molecule has 0 unspecified atom stereocenters. The monoisotopic (exact) mass is 592 g/mol. The molecule has 2 N–H and O–H groups in total. The van der Waals surface area contributed by atoms with E-state index < -0.39 is 0 Å². The molecule has 0 spiro atoms. The summed E-state index contributed by atoms with van der Waals surface area (Å²) in [5, 5.41) is 15.9. The van der Waals surface area contributed by atoms with Gasteiger partial charge >= 0.3 is 0 Å². The zero-order valence-corrected chi connectivity index (χ0v) is 25.8. The Morgan fingerprint density at radius 3 is 2.43 bits per heavy atom. The largest absolute Gasteiger partial charge is 0.489 e. The van der Waals surface area contributed by atoms with E-state index in [1.807, 2.05) is 54.6 Å². The van der Waals surface area contributed by atoms with E-state index in [1.54, 1.807) is 0 Å². The molecular weight excluding hydrogens is 552 g/mol. The maximum atomic E-state index is 12.7. The highest BCUT2D eigenvalue weighted by Crippen LogP contribution is 2.40. The topological polar surface area (TPSA) is 114 Å².